The number of hydrogen-bond donors (Lipinski definition) is 1. The molecule has 0 spiro atoms. The van der Waals surface area contributed by atoms with Crippen LogP contribution in [0.4, 0.5) is 4.39 Å². The summed E-state index contributed by atoms with van der Waals surface area (Å²) in [5, 5.41) is 3.40. The van der Waals surface area contributed by atoms with E-state index in [1.165, 1.54) is 25.0 Å². The Bertz CT molecular complexity index is 1380. The summed E-state index contributed by atoms with van der Waals surface area (Å²) in [6.07, 6.45) is 9.21. The van der Waals surface area contributed by atoms with Gasteiger partial charge in [-0.3, -0.25) is 4.79 Å². The predicted octanol–water partition coefficient (Wildman–Crippen LogP) is 6.82. The minimum absolute atomic E-state index is 0.0249. The lowest BCUT2D eigenvalue weighted by atomic mass is 9.98. The highest BCUT2D eigenvalue weighted by Gasteiger charge is 2.25. The summed E-state index contributed by atoms with van der Waals surface area (Å²) in [7, 11) is 1.91. The summed E-state index contributed by atoms with van der Waals surface area (Å²) in [6.45, 7) is 15.9. The normalized spacial score (nSPS) is 17.7. The molecule has 0 saturated carbocycles. The fourth-order valence-corrected chi connectivity index (χ4v) is 5.57. The Balaban J connectivity index is 1.54. The lowest BCUT2D eigenvalue weighted by molar-refractivity contribution is -0.134. The number of likely N-dealkylation sites (N-methyl/N-ethyl adjacent to an activating group) is 1. The molecule has 0 aliphatic carbocycles. The minimum atomic E-state index is -0.386. The van der Waals surface area contributed by atoms with Crippen molar-refractivity contribution in [1.29, 1.82) is 0 Å². The van der Waals surface area contributed by atoms with Crippen LogP contribution in [0.1, 0.15) is 58.1 Å². The van der Waals surface area contributed by atoms with Crippen LogP contribution in [0.3, 0.4) is 0 Å². The molecule has 2 heterocycles. The molecule has 8 heteroatoms. The zero-order valence-corrected chi connectivity index (χ0v) is 26.8. The van der Waals surface area contributed by atoms with E-state index in [2.05, 4.69) is 36.7 Å². The molecule has 0 aromatic heterocycles. The Morgan fingerprint density at radius 2 is 1.80 bits per heavy atom. The van der Waals surface area contributed by atoms with E-state index in [0.717, 1.165) is 60.0 Å². The summed E-state index contributed by atoms with van der Waals surface area (Å²) < 4.78 is 24.5. The third-order valence-electron chi connectivity index (χ3n) is 8.53. The number of nitrogens with one attached hydrogen (secondary N) is 1. The SMILES string of the molecule is C=C/C(=C\C(C)/C(C)=N\C(=C/C(C)C(=O)N(C)[C@@H](CC)CN1CCCC1)NCc1ccc(F)cc1)c1ccc2c(c1)OCO2. The molecule has 7 nitrogen and oxygen atoms in total. The number of rotatable bonds is 14. The van der Waals surface area contributed by atoms with Gasteiger partial charge in [0, 0.05) is 37.8 Å². The molecule has 4 rings (SSSR count). The number of nitrogens with zero attached hydrogens (tertiary/aromatic N) is 3. The van der Waals surface area contributed by atoms with E-state index in [4.69, 9.17) is 14.5 Å². The fourth-order valence-electron chi connectivity index (χ4n) is 5.57. The van der Waals surface area contributed by atoms with Crippen molar-refractivity contribution in [3.63, 3.8) is 0 Å². The topological polar surface area (TPSA) is 66.4 Å². The van der Waals surface area contributed by atoms with Gasteiger partial charge in [0.05, 0.1) is 5.92 Å². The number of hydrogen-bond acceptors (Lipinski definition) is 6. The zero-order chi connectivity index (χ0) is 31.6. The Hall–Kier alpha value is -3.91. The van der Waals surface area contributed by atoms with Gasteiger partial charge in [-0.15, -0.1) is 0 Å². The van der Waals surface area contributed by atoms with E-state index in [9.17, 15) is 9.18 Å². The van der Waals surface area contributed by atoms with Gasteiger partial charge in [0.1, 0.15) is 11.6 Å². The van der Waals surface area contributed by atoms with E-state index < -0.39 is 0 Å². The monoisotopic (exact) mass is 602 g/mol. The van der Waals surface area contributed by atoms with Crippen LogP contribution >= 0.6 is 0 Å². The number of benzene rings is 2. The third kappa shape index (κ3) is 8.82. The van der Waals surface area contributed by atoms with E-state index in [0.29, 0.717) is 12.4 Å². The maximum absolute atomic E-state index is 13.6. The van der Waals surface area contributed by atoms with Crippen molar-refractivity contribution in [3.05, 3.63) is 90.0 Å². The van der Waals surface area contributed by atoms with Crippen molar-refractivity contribution in [2.45, 2.75) is 59.5 Å². The first-order chi connectivity index (χ1) is 21.2. The molecule has 2 aliphatic rings. The van der Waals surface area contributed by atoms with Gasteiger partial charge in [0.2, 0.25) is 12.7 Å². The smallest absolute Gasteiger partial charge is 0.231 e. The molecular formula is C36H47FN4O3. The lowest BCUT2D eigenvalue weighted by Gasteiger charge is -2.32. The van der Waals surface area contributed by atoms with E-state index >= 15 is 0 Å². The molecular weight excluding hydrogens is 555 g/mol. The lowest BCUT2D eigenvalue weighted by Crippen LogP contribution is -2.45. The Morgan fingerprint density at radius 3 is 2.48 bits per heavy atom. The van der Waals surface area contributed by atoms with E-state index in [-0.39, 0.29) is 36.4 Å². The van der Waals surface area contributed by atoms with E-state index in [1.807, 2.05) is 56.1 Å². The van der Waals surface area contributed by atoms with Gasteiger partial charge in [-0.25, -0.2) is 9.38 Å². The Kier molecular flexibility index (Phi) is 11.8. The van der Waals surface area contributed by atoms with Gasteiger partial charge in [0.25, 0.3) is 0 Å². The number of fused-ring (bicyclic) bond motifs is 1. The molecule has 44 heavy (non-hydrogen) atoms. The van der Waals surface area contributed by atoms with Gasteiger partial charge >= 0.3 is 0 Å². The molecule has 2 aromatic carbocycles. The maximum Gasteiger partial charge on any atom is 0.231 e. The van der Waals surface area contributed by atoms with Gasteiger partial charge in [-0.05, 0) is 93.2 Å². The van der Waals surface area contributed by atoms with Crippen molar-refractivity contribution in [2.24, 2.45) is 16.8 Å². The number of carbonyl (C=O) groups is 1. The number of likely N-dealkylation sites (tertiary alicyclic amines) is 1. The van der Waals surface area contributed by atoms with Gasteiger partial charge in [-0.2, -0.15) is 0 Å². The van der Waals surface area contributed by atoms with Crippen LogP contribution in [0.5, 0.6) is 11.5 Å². The standard InChI is InChI=1S/C36H47FN4O3/c1-7-29(30-13-16-33-34(21-30)44-24-43-33)19-25(3)27(5)39-35(38-22-28-11-14-31(37)15-12-28)20-26(4)36(42)40(6)32(8-2)23-41-17-9-10-18-41/h7,11-16,19-21,25-26,32,38H,1,8-10,17-18,22-24H2,2-6H3/b29-19+,35-20-,39-27-/t25?,26?,32-/m0/s1. The average Bonchev–Trinajstić information content (AvgIpc) is 3.73. The Labute approximate surface area is 262 Å². The summed E-state index contributed by atoms with van der Waals surface area (Å²) in [5.41, 5.74) is 3.73. The molecule has 0 radical (unpaired) electrons. The second kappa shape index (κ2) is 15.7. The van der Waals surface area contributed by atoms with Crippen molar-refractivity contribution in [1.82, 2.24) is 15.1 Å². The molecule has 2 aliphatic heterocycles. The summed E-state index contributed by atoms with van der Waals surface area (Å²) in [4.78, 5) is 22.9. The first-order valence-electron chi connectivity index (χ1n) is 15.7. The summed E-state index contributed by atoms with van der Waals surface area (Å²) in [6, 6.07) is 12.4. The molecule has 2 aromatic rings. The van der Waals surface area contributed by atoms with Gasteiger partial charge in [-0.1, -0.05) is 50.8 Å². The summed E-state index contributed by atoms with van der Waals surface area (Å²) in [5.74, 6) is 1.44. The van der Waals surface area contributed by atoms with Gasteiger partial charge in [0.15, 0.2) is 11.5 Å². The average molecular weight is 603 g/mol. The van der Waals surface area contributed by atoms with Crippen LogP contribution in [0.2, 0.25) is 0 Å². The molecule has 1 fully saturated rings. The van der Waals surface area contributed by atoms with Crippen LogP contribution in [-0.4, -0.2) is 60.9 Å². The van der Waals surface area contributed by atoms with Crippen molar-refractivity contribution >= 4 is 17.2 Å². The third-order valence-corrected chi connectivity index (χ3v) is 8.53. The van der Waals surface area contributed by atoms with Gasteiger partial charge < -0.3 is 24.6 Å². The maximum atomic E-state index is 13.6. The van der Waals surface area contributed by atoms with Crippen molar-refractivity contribution in [2.75, 3.05) is 33.5 Å². The number of halogens is 1. The van der Waals surface area contributed by atoms with Crippen molar-refractivity contribution in [3.8, 4) is 11.5 Å². The van der Waals surface area contributed by atoms with Crippen LogP contribution in [0.25, 0.3) is 5.57 Å². The number of aliphatic imine (C=N–C) groups is 1. The van der Waals surface area contributed by atoms with Crippen LogP contribution in [0, 0.1) is 17.7 Å². The molecule has 1 N–H and O–H groups in total. The molecule has 0 bridgehead atoms. The highest BCUT2D eigenvalue weighted by Crippen LogP contribution is 2.35. The minimum Gasteiger partial charge on any atom is -0.454 e. The largest absolute Gasteiger partial charge is 0.454 e. The molecule has 3 atom stereocenters. The van der Waals surface area contributed by atoms with Crippen LogP contribution in [0.15, 0.2) is 78.1 Å². The molecule has 1 saturated heterocycles. The number of carbonyl (C=O) groups excluding carboxylic acids is 1. The van der Waals surface area contributed by atoms with Crippen LogP contribution in [-0.2, 0) is 11.3 Å². The predicted molar refractivity (Wildman–Crippen MR) is 176 cm³/mol. The van der Waals surface area contributed by atoms with E-state index in [1.54, 1.807) is 12.1 Å². The summed E-state index contributed by atoms with van der Waals surface area (Å²) >= 11 is 0. The highest BCUT2D eigenvalue weighted by molar-refractivity contribution is 5.89. The van der Waals surface area contributed by atoms with Crippen molar-refractivity contribution < 1.29 is 18.7 Å². The quantitative estimate of drug-likeness (QED) is 0.190. The second-order valence-corrected chi connectivity index (χ2v) is 11.8. The first kappa shape index (κ1) is 33.0. The zero-order valence-electron chi connectivity index (χ0n) is 26.8. The number of allylic oxidation sites excluding steroid dienone is 3. The van der Waals surface area contributed by atoms with Crippen LogP contribution < -0.4 is 14.8 Å². The fraction of sp³-hybridized carbons (Fsp3) is 0.444. The number of amides is 1. The molecule has 2 unspecified atom stereocenters. The number of ether oxygens (including phenoxy) is 2. The molecule has 236 valence electrons. The first-order valence-corrected chi connectivity index (χ1v) is 15.7. The Morgan fingerprint density at radius 1 is 1.09 bits per heavy atom. The second-order valence-electron chi connectivity index (χ2n) is 11.8. The highest BCUT2D eigenvalue weighted by atomic mass is 19.1. The molecule has 1 amide bonds.